The van der Waals surface area contributed by atoms with Crippen molar-refractivity contribution in [3.63, 3.8) is 0 Å². The van der Waals surface area contributed by atoms with Crippen LogP contribution in [0.1, 0.15) is 150 Å². The second-order valence-corrected chi connectivity index (χ2v) is 12.3. The summed E-state index contributed by atoms with van der Waals surface area (Å²) in [5.41, 5.74) is 2.11. The Hall–Kier alpha value is -0.790. The van der Waals surface area contributed by atoms with Crippen molar-refractivity contribution in [3.8, 4) is 0 Å². The molecule has 0 radical (unpaired) electrons. The van der Waals surface area contributed by atoms with E-state index in [0.717, 1.165) is 6.42 Å². The predicted molar refractivity (Wildman–Crippen MR) is 142 cm³/mol. The van der Waals surface area contributed by atoms with Gasteiger partial charge < -0.3 is 4.74 Å². The summed E-state index contributed by atoms with van der Waals surface area (Å²) in [6.45, 7) is 12.5. The number of fused-ring (bicyclic) bond motifs is 1. The van der Waals surface area contributed by atoms with Gasteiger partial charge in [0.05, 0.1) is 6.61 Å². The lowest BCUT2D eigenvalue weighted by Gasteiger charge is -2.56. The highest BCUT2D eigenvalue weighted by Crippen LogP contribution is 2.59. The van der Waals surface area contributed by atoms with Crippen molar-refractivity contribution < 1.29 is 9.53 Å². The normalized spacial score (nSPS) is 26.5. The summed E-state index contributed by atoms with van der Waals surface area (Å²) in [5.74, 6) is 1.12. The average Bonchev–Trinajstić information content (AvgIpc) is 2.75. The molecule has 0 aromatic rings. The van der Waals surface area contributed by atoms with Gasteiger partial charge in [0, 0.05) is 12.3 Å². The van der Waals surface area contributed by atoms with Crippen LogP contribution in [0.25, 0.3) is 0 Å². The van der Waals surface area contributed by atoms with Crippen LogP contribution < -0.4 is 0 Å². The first kappa shape index (κ1) is 28.4. The fraction of sp³-hybridized carbons (Fsp3) is 0.903. The Kier molecular flexibility index (Phi) is 12.6. The maximum absolute atomic E-state index is 12.4. The molecule has 2 nitrogen and oxygen atoms in total. The minimum absolute atomic E-state index is 0.0201. The van der Waals surface area contributed by atoms with Crippen molar-refractivity contribution in [1.82, 2.24) is 0 Å². The topological polar surface area (TPSA) is 26.3 Å². The van der Waals surface area contributed by atoms with E-state index in [9.17, 15) is 4.79 Å². The summed E-state index contributed by atoms with van der Waals surface area (Å²) >= 11 is 0. The van der Waals surface area contributed by atoms with E-state index >= 15 is 0 Å². The van der Waals surface area contributed by atoms with Crippen LogP contribution >= 0.6 is 0 Å². The molecule has 3 atom stereocenters. The van der Waals surface area contributed by atoms with Gasteiger partial charge in [-0.05, 0) is 49.4 Å². The molecule has 0 saturated heterocycles. The molecule has 1 saturated carbocycles. The first-order chi connectivity index (χ1) is 15.8. The van der Waals surface area contributed by atoms with Gasteiger partial charge in [-0.15, -0.1) is 0 Å². The number of carbonyl (C=O) groups is 1. The summed E-state index contributed by atoms with van der Waals surface area (Å²) in [4.78, 5) is 12.4. The van der Waals surface area contributed by atoms with Crippen molar-refractivity contribution in [3.05, 3.63) is 11.6 Å². The van der Waals surface area contributed by atoms with Crippen LogP contribution in [0.3, 0.4) is 0 Å². The monoisotopic (exact) mass is 460 g/mol. The van der Waals surface area contributed by atoms with E-state index in [4.69, 9.17) is 4.74 Å². The Bertz CT molecular complexity index is 590. The zero-order valence-electron chi connectivity index (χ0n) is 23.0. The maximum Gasteiger partial charge on any atom is 0.305 e. The quantitative estimate of drug-likeness (QED) is 0.130. The smallest absolute Gasteiger partial charge is 0.305 e. The zero-order chi connectivity index (χ0) is 24.2. The molecule has 0 N–H and O–H groups in total. The molecule has 0 heterocycles. The minimum Gasteiger partial charge on any atom is -0.465 e. The standard InChI is InChI=1S/C31H56O2/c1-6-7-8-9-10-11-12-13-14-15-16-17-18-20-29(32)33-25-27-26(2)21-22-28-30(3,4)23-19-24-31(27,28)5/h21,27-28H,6-20,22-25H2,1-5H3. The lowest BCUT2D eigenvalue weighted by molar-refractivity contribution is -0.148. The van der Waals surface area contributed by atoms with Crippen LogP contribution in [0.5, 0.6) is 0 Å². The van der Waals surface area contributed by atoms with Gasteiger partial charge in [-0.3, -0.25) is 4.79 Å². The molecule has 2 rings (SSSR count). The maximum atomic E-state index is 12.4. The number of hydrogen-bond donors (Lipinski definition) is 0. The number of carbonyl (C=O) groups excluding carboxylic acids is 1. The number of allylic oxidation sites excluding steroid dienone is 1. The highest BCUT2D eigenvalue weighted by molar-refractivity contribution is 5.69. The van der Waals surface area contributed by atoms with Gasteiger partial charge in [0.1, 0.15) is 0 Å². The second kappa shape index (κ2) is 14.6. The van der Waals surface area contributed by atoms with E-state index in [0.29, 0.717) is 30.3 Å². The molecule has 0 spiro atoms. The van der Waals surface area contributed by atoms with Gasteiger partial charge in [-0.2, -0.15) is 0 Å². The van der Waals surface area contributed by atoms with Crippen molar-refractivity contribution >= 4 is 5.97 Å². The summed E-state index contributed by atoms with van der Waals surface area (Å²) < 4.78 is 5.86. The van der Waals surface area contributed by atoms with Crippen LogP contribution in [-0.2, 0) is 9.53 Å². The Morgan fingerprint density at radius 1 is 0.879 bits per heavy atom. The Morgan fingerprint density at radius 3 is 2.00 bits per heavy atom. The molecule has 3 unspecified atom stereocenters. The number of rotatable bonds is 16. The van der Waals surface area contributed by atoms with Gasteiger partial charge in [-0.1, -0.05) is 123 Å². The van der Waals surface area contributed by atoms with Gasteiger partial charge in [0.25, 0.3) is 0 Å². The lowest BCUT2D eigenvalue weighted by atomic mass is 9.49. The Morgan fingerprint density at radius 2 is 1.42 bits per heavy atom. The van der Waals surface area contributed by atoms with E-state index in [1.807, 2.05) is 0 Å². The summed E-state index contributed by atoms with van der Waals surface area (Å²) in [6, 6.07) is 0. The fourth-order valence-electron chi connectivity index (χ4n) is 6.99. The molecule has 0 aliphatic heterocycles. The molecular formula is C31H56O2. The summed E-state index contributed by atoms with van der Waals surface area (Å²) in [6.07, 6.45) is 25.5. The molecule has 2 aliphatic carbocycles. The third kappa shape index (κ3) is 9.06. The zero-order valence-corrected chi connectivity index (χ0v) is 23.0. The summed E-state index contributed by atoms with van der Waals surface area (Å²) in [5, 5.41) is 0. The number of esters is 1. The van der Waals surface area contributed by atoms with Gasteiger partial charge in [-0.25, -0.2) is 0 Å². The van der Waals surface area contributed by atoms with E-state index in [-0.39, 0.29) is 11.4 Å². The predicted octanol–water partition coefficient (Wildman–Crippen LogP) is 9.81. The van der Waals surface area contributed by atoms with Crippen molar-refractivity contribution in [2.24, 2.45) is 22.7 Å². The molecule has 0 aromatic carbocycles. The van der Waals surface area contributed by atoms with E-state index in [1.54, 1.807) is 0 Å². The van der Waals surface area contributed by atoms with E-state index < -0.39 is 0 Å². The molecule has 0 amide bonds. The highest BCUT2D eigenvalue weighted by Gasteiger charge is 2.52. The van der Waals surface area contributed by atoms with E-state index in [2.05, 4.69) is 40.7 Å². The third-order valence-corrected chi connectivity index (χ3v) is 9.19. The molecule has 33 heavy (non-hydrogen) atoms. The van der Waals surface area contributed by atoms with Crippen molar-refractivity contribution in [1.29, 1.82) is 0 Å². The molecule has 192 valence electrons. The Labute approximate surface area is 206 Å². The number of unbranched alkanes of at least 4 members (excludes halogenated alkanes) is 12. The van der Waals surface area contributed by atoms with Crippen molar-refractivity contribution in [2.45, 2.75) is 150 Å². The molecule has 0 aromatic heterocycles. The lowest BCUT2D eigenvalue weighted by Crippen LogP contribution is -2.49. The number of hydrogen-bond acceptors (Lipinski definition) is 2. The van der Waals surface area contributed by atoms with Crippen LogP contribution in [0.4, 0.5) is 0 Å². The summed E-state index contributed by atoms with van der Waals surface area (Å²) in [7, 11) is 0. The first-order valence-electron chi connectivity index (χ1n) is 14.6. The van der Waals surface area contributed by atoms with Crippen LogP contribution in [-0.4, -0.2) is 12.6 Å². The first-order valence-corrected chi connectivity index (χ1v) is 14.6. The third-order valence-electron chi connectivity index (χ3n) is 9.19. The molecule has 2 heteroatoms. The van der Waals surface area contributed by atoms with Gasteiger partial charge in [0.15, 0.2) is 0 Å². The molecule has 0 bridgehead atoms. The largest absolute Gasteiger partial charge is 0.465 e. The van der Waals surface area contributed by atoms with Crippen LogP contribution in [0.15, 0.2) is 11.6 Å². The van der Waals surface area contributed by atoms with Crippen molar-refractivity contribution in [2.75, 3.05) is 6.61 Å². The Balaban J connectivity index is 1.55. The van der Waals surface area contributed by atoms with Crippen LogP contribution in [0.2, 0.25) is 0 Å². The van der Waals surface area contributed by atoms with Crippen LogP contribution in [0, 0.1) is 22.7 Å². The van der Waals surface area contributed by atoms with Gasteiger partial charge >= 0.3 is 5.97 Å². The van der Waals surface area contributed by atoms with Gasteiger partial charge in [0.2, 0.25) is 0 Å². The highest BCUT2D eigenvalue weighted by atomic mass is 16.5. The second-order valence-electron chi connectivity index (χ2n) is 12.3. The molecular weight excluding hydrogens is 404 g/mol. The molecule has 2 aliphatic rings. The number of ether oxygens (including phenoxy) is 1. The minimum atomic E-state index is 0.0201. The van der Waals surface area contributed by atoms with E-state index in [1.165, 1.54) is 108 Å². The SMILES string of the molecule is CCCCCCCCCCCCCCCC(=O)OCC1C(C)=CCC2C(C)(C)CCCC12C. The fourth-order valence-corrected chi connectivity index (χ4v) is 6.99. The molecule has 1 fully saturated rings. The average molecular weight is 461 g/mol.